The van der Waals surface area contributed by atoms with Gasteiger partial charge >= 0.3 is 0 Å². The van der Waals surface area contributed by atoms with Gasteiger partial charge in [0.1, 0.15) is 0 Å². The lowest BCUT2D eigenvalue weighted by molar-refractivity contribution is 0.134. The van der Waals surface area contributed by atoms with Crippen molar-refractivity contribution in [1.29, 1.82) is 0 Å². The van der Waals surface area contributed by atoms with E-state index in [-0.39, 0.29) is 0 Å². The Kier molecular flexibility index (Phi) is 3.75. The second-order valence-corrected chi connectivity index (χ2v) is 4.16. The van der Waals surface area contributed by atoms with Crippen LogP contribution >= 0.6 is 0 Å². The van der Waals surface area contributed by atoms with Crippen LogP contribution in [0.5, 0.6) is 0 Å². The van der Waals surface area contributed by atoms with Gasteiger partial charge in [0.25, 0.3) is 0 Å². The van der Waals surface area contributed by atoms with E-state index in [1.807, 2.05) is 6.08 Å². The van der Waals surface area contributed by atoms with Crippen molar-refractivity contribution in [1.82, 2.24) is 5.32 Å². The highest BCUT2D eigenvalue weighted by atomic mass is 16.5. The minimum atomic E-state index is 0.383. The zero-order chi connectivity index (χ0) is 11.4. The summed E-state index contributed by atoms with van der Waals surface area (Å²) < 4.78 is 5.43. The lowest BCUT2D eigenvalue weighted by Gasteiger charge is -2.17. The van der Waals surface area contributed by atoms with Crippen molar-refractivity contribution in [3.63, 3.8) is 0 Å². The summed E-state index contributed by atoms with van der Waals surface area (Å²) in [6.45, 7) is 8.45. The minimum Gasteiger partial charge on any atom is -0.372 e. The Balaban J connectivity index is 2.20. The maximum Gasteiger partial charge on any atom is 0.0725 e. The van der Waals surface area contributed by atoms with E-state index in [0.717, 1.165) is 26.2 Å². The molecular weight excluding hydrogens is 198 g/mol. The number of fused-ring (bicyclic) bond motifs is 1. The summed E-state index contributed by atoms with van der Waals surface area (Å²) in [5.41, 5.74) is 4.01. The molecule has 2 heteroatoms. The Bertz CT molecular complexity index is 373. The average molecular weight is 217 g/mol. The van der Waals surface area contributed by atoms with Crippen LogP contribution in [0.25, 0.3) is 0 Å². The summed E-state index contributed by atoms with van der Waals surface area (Å²) in [5.74, 6) is 0. The molecule has 1 aliphatic heterocycles. The van der Waals surface area contributed by atoms with Crippen molar-refractivity contribution >= 4 is 0 Å². The topological polar surface area (TPSA) is 21.3 Å². The SMILES string of the molecule is C=CCC(NCC)c1ccc2c(c1)COC2. The lowest BCUT2D eigenvalue weighted by atomic mass is 9.99. The smallest absolute Gasteiger partial charge is 0.0725 e. The van der Waals surface area contributed by atoms with Crippen LogP contribution in [0.15, 0.2) is 30.9 Å². The average Bonchev–Trinajstić information content (AvgIpc) is 2.75. The van der Waals surface area contributed by atoms with E-state index in [1.165, 1.54) is 16.7 Å². The lowest BCUT2D eigenvalue weighted by Crippen LogP contribution is -2.20. The first-order valence-electron chi connectivity index (χ1n) is 5.89. The third-order valence-electron chi connectivity index (χ3n) is 3.00. The standard InChI is InChI=1S/C14H19NO/c1-3-5-14(15-4-2)11-6-7-12-9-16-10-13(12)8-11/h3,6-8,14-15H,1,4-5,9-10H2,2H3. The van der Waals surface area contributed by atoms with Gasteiger partial charge in [-0.25, -0.2) is 0 Å². The van der Waals surface area contributed by atoms with Crippen molar-refractivity contribution in [3.05, 3.63) is 47.5 Å². The fraction of sp³-hybridized carbons (Fsp3) is 0.429. The fourth-order valence-corrected chi connectivity index (χ4v) is 2.16. The Morgan fingerprint density at radius 2 is 2.25 bits per heavy atom. The van der Waals surface area contributed by atoms with E-state index in [9.17, 15) is 0 Å². The molecule has 1 heterocycles. The molecule has 1 aromatic rings. The third-order valence-corrected chi connectivity index (χ3v) is 3.00. The first kappa shape index (κ1) is 11.4. The quantitative estimate of drug-likeness (QED) is 0.766. The molecule has 0 amide bonds. The number of rotatable bonds is 5. The van der Waals surface area contributed by atoms with Gasteiger partial charge in [0, 0.05) is 6.04 Å². The number of hydrogen-bond acceptors (Lipinski definition) is 2. The van der Waals surface area contributed by atoms with Gasteiger partial charge in [0.2, 0.25) is 0 Å². The predicted octanol–water partition coefficient (Wildman–Crippen LogP) is 2.94. The van der Waals surface area contributed by atoms with Crippen molar-refractivity contribution in [2.45, 2.75) is 32.6 Å². The molecule has 0 fully saturated rings. The van der Waals surface area contributed by atoms with Crippen LogP contribution in [0.1, 0.15) is 36.1 Å². The molecule has 0 saturated heterocycles. The minimum absolute atomic E-state index is 0.383. The summed E-state index contributed by atoms with van der Waals surface area (Å²) in [4.78, 5) is 0. The van der Waals surface area contributed by atoms with E-state index < -0.39 is 0 Å². The van der Waals surface area contributed by atoms with Gasteiger partial charge in [-0.05, 0) is 29.7 Å². The first-order chi connectivity index (χ1) is 7.85. The molecule has 1 aliphatic rings. The summed E-state index contributed by atoms with van der Waals surface area (Å²) in [6, 6.07) is 7.03. The van der Waals surface area contributed by atoms with Gasteiger partial charge in [-0.2, -0.15) is 0 Å². The van der Waals surface area contributed by atoms with Crippen LogP contribution < -0.4 is 5.32 Å². The molecule has 0 radical (unpaired) electrons. The number of nitrogens with one attached hydrogen (secondary N) is 1. The molecule has 0 aromatic heterocycles. The molecule has 0 aliphatic carbocycles. The van der Waals surface area contributed by atoms with Crippen molar-refractivity contribution in [2.24, 2.45) is 0 Å². The third kappa shape index (κ3) is 2.34. The van der Waals surface area contributed by atoms with Crippen molar-refractivity contribution in [2.75, 3.05) is 6.54 Å². The molecule has 2 rings (SSSR count). The molecule has 0 spiro atoms. The molecule has 86 valence electrons. The second-order valence-electron chi connectivity index (χ2n) is 4.16. The molecule has 1 N–H and O–H groups in total. The fourth-order valence-electron chi connectivity index (χ4n) is 2.16. The molecular formula is C14H19NO. The Morgan fingerprint density at radius 3 is 3.00 bits per heavy atom. The highest BCUT2D eigenvalue weighted by Gasteiger charge is 2.14. The van der Waals surface area contributed by atoms with E-state index in [0.29, 0.717) is 6.04 Å². The van der Waals surface area contributed by atoms with Crippen LogP contribution in [0, 0.1) is 0 Å². The van der Waals surface area contributed by atoms with Gasteiger partial charge in [0.05, 0.1) is 13.2 Å². The highest BCUT2D eigenvalue weighted by Crippen LogP contribution is 2.25. The molecule has 1 unspecified atom stereocenters. The van der Waals surface area contributed by atoms with Crippen molar-refractivity contribution < 1.29 is 4.74 Å². The Hall–Kier alpha value is -1.12. The van der Waals surface area contributed by atoms with Crippen LogP contribution in [0.4, 0.5) is 0 Å². The molecule has 0 saturated carbocycles. The number of hydrogen-bond donors (Lipinski definition) is 1. The summed E-state index contributed by atoms with van der Waals surface area (Å²) >= 11 is 0. The van der Waals surface area contributed by atoms with Gasteiger partial charge < -0.3 is 10.1 Å². The molecule has 16 heavy (non-hydrogen) atoms. The van der Waals surface area contributed by atoms with Crippen LogP contribution in [0.3, 0.4) is 0 Å². The van der Waals surface area contributed by atoms with E-state index in [4.69, 9.17) is 4.74 Å². The van der Waals surface area contributed by atoms with Crippen molar-refractivity contribution in [3.8, 4) is 0 Å². The molecule has 1 atom stereocenters. The Labute approximate surface area is 97.3 Å². The summed E-state index contributed by atoms with van der Waals surface area (Å²) in [7, 11) is 0. The largest absolute Gasteiger partial charge is 0.372 e. The van der Waals surface area contributed by atoms with Gasteiger partial charge in [-0.1, -0.05) is 31.2 Å². The van der Waals surface area contributed by atoms with Crippen LogP contribution in [-0.4, -0.2) is 6.54 Å². The zero-order valence-corrected chi connectivity index (χ0v) is 9.83. The zero-order valence-electron chi connectivity index (χ0n) is 9.83. The molecule has 0 bridgehead atoms. The molecule has 2 nitrogen and oxygen atoms in total. The number of ether oxygens (including phenoxy) is 1. The summed E-state index contributed by atoms with van der Waals surface area (Å²) in [5, 5.41) is 3.48. The van der Waals surface area contributed by atoms with E-state index >= 15 is 0 Å². The van der Waals surface area contributed by atoms with Gasteiger partial charge in [0.15, 0.2) is 0 Å². The van der Waals surface area contributed by atoms with Crippen LogP contribution in [-0.2, 0) is 18.0 Å². The van der Waals surface area contributed by atoms with E-state index in [1.54, 1.807) is 0 Å². The van der Waals surface area contributed by atoms with E-state index in [2.05, 4.69) is 37.0 Å². The second kappa shape index (κ2) is 5.28. The summed E-state index contributed by atoms with van der Waals surface area (Å²) in [6.07, 6.45) is 2.94. The Morgan fingerprint density at radius 1 is 1.44 bits per heavy atom. The maximum atomic E-state index is 5.43. The van der Waals surface area contributed by atoms with Crippen LogP contribution in [0.2, 0.25) is 0 Å². The number of benzene rings is 1. The predicted molar refractivity (Wildman–Crippen MR) is 66.2 cm³/mol. The van der Waals surface area contributed by atoms with Gasteiger partial charge in [-0.3, -0.25) is 0 Å². The maximum absolute atomic E-state index is 5.43. The monoisotopic (exact) mass is 217 g/mol. The van der Waals surface area contributed by atoms with Gasteiger partial charge in [-0.15, -0.1) is 6.58 Å². The normalized spacial score (nSPS) is 15.8. The molecule has 1 aromatic carbocycles. The highest BCUT2D eigenvalue weighted by molar-refractivity contribution is 5.34. The first-order valence-corrected chi connectivity index (χ1v) is 5.89.